The van der Waals surface area contributed by atoms with E-state index in [1.807, 2.05) is 24.3 Å². The molecule has 0 amide bonds. The van der Waals surface area contributed by atoms with Gasteiger partial charge in [-0.2, -0.15) is 5.26 Å². The summed E-state index contributed by atoms with van der Waals surface area (Å²) in [6.45, 7) is 0. The number of methoxy groups -OCH3 is 2. The Bertz CT molecular complexity index is 570. The van der Waals surface area contributed by atoms with Gasteiger partial charge in [-0.05, 0) is 18.2 Å². The molecule has 16 heavy (non-hydrogen) atoms. The van der Waals surface area contributed by atoms with Crippen LogP contribution in [0.3, 0.4) is 0 Å². The third-order valence-corrected chi connectivity index (χ3v) is 2.52. The second-order valence-corrected chi connectivity index (χ2v) is 3.31. The van der Waals surface area contributed by atoms with Crippen LogP contribution in [0, 0.1) is 11.3 Å². The van der Waals surface area contributed by atoms with Gasteiger partial charge < -0.3 is 9.47 Å². The minimum Gasteiger partial charge on any atom is -0.496 e. The highest BCUT2D eigenvalue weighted by Crippen LogP contribution is 2.34. The van der Waals surface area contributed by atoms with Crippen LogP contribution in [0.4, 0.5) is 0 Å². The Morgan fingerprint density at radius 2 is 1.81 bits per heavy atom. The Balaban J connectivity index is 2.85. The Kier molecular flexibility index (Phi) is 2.65. The molecule has 0 saturated heterocycles. The predicted octanol–water partition coefficient (Wildman–Crippen LogP) is 2.73. The maximum Gasteiger partial charge on any atom is 0.144 e. The van der Waals surface area contributed by atoms with E-state index in [0.717, 1.165) is 16.5 Å². The smallest absolute Gasteiger partial charge is 0.144 e. The number of hydrogen-bond donors (Lipinski definition) is 0. The third kappa shape index (κ3) is 1.45. The minimum absolute atomic E-state index is 0.531. The van der Waals surface area contributed by atoms with Crippen LogP contribution in [0.15, 0.2) is 30.3 Å². The number of hydrogen-bond acceptors (Lipinski definition) is 3. The van der Waals surface area contributed by atoms with Crippen molar-refractivity contribution in [1.82, 2.24) is 0 Å². The molecular formula is C13H11NO2. The van der Waals surface area contributed by atoms with Crippen molar-refractivity contribution in [3.8, 4) is 17.6 Å². The molecule has 0 aromatic heterocycles. The molecule has 3 heteroatoms. The van der Waals surface area contributed by atoms with Gasteiger partial charge in [-0.3, -0.25) is 0 Å². The van der Waals surface area contributed by atoms with Gasteiger partial charge >= 0.3 is 0 Å². The zero-order chi connectivity index (χ0) is 11.5. The highest BCUT2D eigenvalue weighted by atomic mass is 16.5. The lowest BCUT2D eigenvalue weighted by Crippen LogP contribution is -1.91. The molecule has 0 aliphatic rings. The predicted molar refractivity (Wildman–Crippen MR) is 61.8 cm³/mol. The molecule has 80 valence electrons. The molecule has 0 N–H and O–H groups in total. The standard InChI is InChI=1S/C13H11NO2/c1-15-12-5-3-4-11-10(12)7-6-9(8-14)13(11)16-2/h3-7H,1-2H3. The van der Waals surface area contributed by atoms with Crippen LogP contribution in [0.2, 0.25) is 0 Å². The fraction of sp³-hybridized carbons (Fsp3) is 0.154. The van der Waals surface area contributed by atoms with Crippen LogP contribution in [0.1, 0.15) is 5.56 Å². The molecule has 0 spiro atoms. The van der Waals surface area contributed by atoms with Gasteiger partial charge in [0.2, 0.25) is 0 Å². The van der Waals surface area contributed by atoms with Crippen LogP contribution in [0.5, 0.6) is 11.5 Å². The first-order valence-electron chi connectivity index (χ1n) is 4.85. The summed E-state index contributed by atoms with van der Waals surface area (Å²) in [5.41, 5.74) is 0.531. The lowest BCUT2D eigenvalue weighted by atomic mass is 10.1. The first-order valence-corrected chi connectivity index (χ1v) is 4.85. The largest absolute Gasteiger partial charge is 0.496 e. The normalized spacial score (nSPS) is 9.81. The number of nitriles is 1. The molecule has 2 aromatic rings. The molecule has 0 heterocycles. The molecule has 2 aromatic carbocycles. The van der Waals surface area contributed by atoms with E-state index < -0.39 is 0 Å². The van der Waals surface area contributed by atoms with E-state index in [2.05, 4.69) is 6.07 Å². The van der Waals surface area contributed by atoms with Crippen LogP contribution in [0.25, 0.3) is 10.8 Å². The lowest BCUT2D eigenvalue weighted by molar-refractivity contribution is 0.414. The molecule has 0 aliphatic heterocycles. The van der Waals surface area contributed by atoms with Crippen molar-refractivity contribution in [2.75, 3.05) is 14.2 Å². The fourth-order valence-electron chi connectivity index (χ4n) is 1.79. The summed E-state index contributed by atoms with van der Waals surface area (Å²) in [6, 6.07) is 11.4. The van der Waals surface area contributed by atoms with Gasteiger partial charge in [-0.25, -0.2) is 0 Å². The maximum absolute atomic E-state index is 8.97. The second kappa shape index (κ2) is 4.11. The average molecular weight is 213 g/mol. The number of ether oxygens (including phenoxy) is 2. The first-order chi connectivity index (χ1) is 7.81. The summed E-state index contributed by atoms with van der Waals surface area (Å²) >= 11 is 0. The van der Waals surface area contributed by atoms with E-state index >= 15 is 0 Å². The van der Waals surface area contributed by atoms with Gasteiger partial charge in [0.1, 0.15) is 17.6 Å². The lowest BCUT2D eigenvalue weighted by Gasteiger charge is -2.09. The van der Waals surface area contributed by atoms with Crippen LogP contribution in [-0.4, -0.2) is 14.2 Å². The van der Waals surface area contributed by atoms with Crippen molar-refractivity contribution in [3.05, 3.63) is 35.9 Å². The fourth-order valence-corrected chi connectivity index (χ4v) is 1.79. The van der Waals surface area contributed by atoms with Gasteiger partial charge in [0.25, 0.3) is 0 Å². The maximum atomic E-state index is 8.97. The van der Waals surface area contributed by atoms with Crippen molar-refractivity contribution < 1.29 is 9.47 Å². The highest BCUT2D eigenvalue weighted by molar-refractivity contribution is 5.94. The third-order valence-electron chi connectivity index (χ3n) is 2.52. The summed E-state index contributed by atoms with van der Waals surface area (Å²) < 4.78 is 10.5. The quantitative estimate of drug-likeness (QED) is 0.770. The van der Waals surface area contributed by atoms with Gasteiger partial charge in [0.15, 0.2) is 0 Å². The second-order valence-electron chi connectivity index (χ2n) is 3.31. The van der Waals surface area contributed by atoms with Crippen molar-refractivity contribution in [1.29, 1.82) is 5.26 Å². The molecule has 0 atom stereocenters. The van der Waals surface area contributed by atoms with Crippen LogP contribution < -0.4 is 9.47 Å². The summed E-state index contributed by atoms with van der Waals surface area (Å²) in [4.78, 5) is 0. The Labute approximate surface area is 93.8 Å². The van der Waals surface area contributed by atoms with E-state index in [1.54, 1.807) is 20.3 Å². The van der Waals surface area contributed by atoms with Gasteiger partial charge in [-0.15, -0.1) is 0 Å². The Morgan fingerprint density at radius 3 is 2.44 bits per heavy atom. The van der Waals surface area contributed by atoms with E-state index in [1.165, 1.54) is 0 Å². The van der Waals surface area contributed by atoms with Crippen molar-refractivity contribution in [3.63, 3.8) is 0 Å². The zero-order valence-corrected chi connectivity index (χ0v) is 9.15. The minimum atomic E-state index is 0.531. The summed E-state index contributed by atoms with van der Waals surface area (Å²) in [7, 11) is 3.19. The molecule has 2 rings (SSSR count). The SMILES string of the molecule is COc1cccc2c(OC)c(C#N)ccc12. The topological polar surface area (TPSA) is 42.2 Å². The van der Waals surface area contributed by atoms with Crippen molar-refractivity contribution in [2.24, 2.45) is 0 Å². The van der Waals surface area contributed by atoms with Gasteiger partial charge in [0, 0.05) is 10.8 Å². The van der Waals surface area contributed by atoms with Gasteiger partial charge in [-0.1, -0.05) is 12.1 Å². The molecule has 0 radical (unpaired) electrons. The molecule has 0 fully saturated rings. The molecule has 0 unspecified atom stereocenters. The van der Waals surface area contributed by atoms with E-state index in [-0.39, 0.29) is 0 Å². The molecule has 0 aliphatic carbocycles. The highest BCUT2D eigenvalue weighted by Gasteiger charge is 2.10. The molecular weight excluding hydrogens is 202 g/mol. The monoisotopic (exact) mass is 213 g/mol. The number of rotatable bonds is 2. The average Bonchev–Trinajstić information content (AvgIpc) is 2.36. The van der Waals surface area contributed by atoms with Crippen LogP contribution >= 0.6 is 0 Å². The van der Waals surface area contributed by atoms with Gasteiger partial charge in [0.05, 0.1) is 19.8 Å². The first kappa shape index (κ1) is 10.3. The van der Waals surface area contributed by atoms with E-state index in [4.69, 9.17) is 14.7 Å². The Hall–Kier alpha value is -2.21. The van der Waals surface area contributed by atoms with E-state index in [9.17, 15) is 0 Å². The zero-order valence-electron chi connectivity index (χ0n) is 9.15. The summed E-state index contributed by atoms with van der Waals surface area (Å²) in [5, 5.41) is 10.8. The Morgan fingerprint density at radius 1 is 1.00 bits per heavy atom. The molecule has 3 nitrogen and oxygen atoms in total. The van der Waals surface area contributed by atoms with Crippen molar-refractivity contribution >= 4 is 10.8 Å². The molecule has 0 bridgehead atoms. The summed E-state index contributed by atoms with van der Waals surface area (Å²) in [5.74, 6) is 1.37. The van der Waals surface area contributed by atoms with Crippen molar-refractivity contribution in [2.45, 2.75) is 0 Å². The molecule has 0 saturated carbocycles. The van der Waals surface area contributed by atoms with Crippen LogP contribution in [-0.2, 0) is 0 Å². The summed E-state index contributed by atoms with van der Waals surface area (Å²) in [6.07, 6.45) is 0. The number of benzene rings is 2. The van der Waals surface area contributed by atoms with E-state index in [0.29, 0.717) is 11.3 Å². The number of fused-ring (bicyclic) bond motifs is 1. The number of nitrogens with zero attached hydrogens (tertiary/aromatic N) is 1.